The number of phenolic OH excluding ortho intramolecular Hbond substituents is 1. The van der Waals surface area contributed by atoms with Crippen molar-refractivity contribution < 1.29 is 24.2 Å². The molecule has 5 heteroatoms. The van der Waals surface area contributed by atoms with Crippen molar-refractivity contribution in [2.24, 2.45) is 0 Å². The number of benzene rings is 1. The molecular formula is C17H20O5. The fourth-order valence-electron chi connectivity index (χ4n) is 2.07. The van der Waals surface area contributed by atoms with Gasteiger partial charge in [-0.05, 0) is 29.2 Å². The Balaban J connectivity index is 2.45. The zero-order chi connectivity index (χ0) is 16.7. The first kappa shape index (κ1) is 16.1. The van der Waals surface area contributed by atoms with Gasteiger partial charge in [-0.25, -0.2) is 9.59 Å². The molecule has 1 heterocycles. The number of phenols is 1. The molecule has 1 saturated heterocycles. The molecule has 1 aliphatic heterocycles. The molecule has 22 heavy (non-hydrogen) atoms. The van der Waals surface area contributed by atoms with Crippen LogP contribution in [0.15, 0.2) is 23.8 Å². The van der Waals surface area contributed by atoms with Crippen molar-refractivity contribution in [2.45, 2.75) is 45.8 Å². The van der Waals surface area contributed by atoms with Crippen molar-refractivity contribution >= 4 is 18.0 Å². The molecule has 1 aromatic carbocycles. The Morgan fingerprint density at radius 1 is 1.09 bits per heavy atom. The van der Waals surface area contributed by atoms with Gasteiger partial charge >= 0.3 is 11.9 Å². The quantitative estimate of drug-likeness (QED) is 0.490. The van der Waals surface area contributed by atoms with Gasteiger partial charge in [0.2, 0.25) is 0 Å². The van der Waals surface area contributed by atoms with E-state index in [1.165, 1.54) is 26.0 Å². The van der Waals surface area contributed by atoms with Crippen molar-refractivity contribution in [3.8, 4) is 5.75 Å². The first-order valence-corrected chi connectivity index (χ1v) is 7.01. The van der Waals surface area contributed by atoms with Crippen LogP contribution in [-0.2, 0) is 24.5 Å². The number of carbonyl (C=O) groups is 2. The Hall–Kier alpha value is -2.30. The third-order valence-corrected chi connectivity index (χ3v) is 3.31. The molecule has 2 rings (SSSR count). The summed E-state index contributed by atoms with van der Waals surface area (Å²) in [4.78, 5) is 23.9. The fraction of sp³-hybridized carbons (Fsp3) is 0.412. The Bertz CT molecular complexity index is 640. The molecule has 0 aliphatic carbocycles. The molecule has 0 saturated carbocycles. The smallest absolute Gasteiger partial charge is 0.348 e. The van der Waals surface area contributed by atoms with Crippen LogP contribution in [0.3, 0.4) is 0 Å². The Kier molecular flexibility index (Phi) is 3.77. The van der Waals surface area contributed by atoms with Crippen molar-refractivity contribution in [3.05, 3.63) is 34.9 Å². The maximum atomic E-state index is 11.9. The van der Waals surface area contributed by atoms with Gasteiger partial charge in [-0.15, -0.1) is 0 Å². The third-order valence-electron chi connectivity index (χ3n) is 3.31. The minimum Gasteiger partial charge on any atom is -0.507 e. The average molecular weight is 304 g/mol. The highest BCUT2D eigenvalue weighted by Crippen LogP contribution is 2.30. The predicted molar refractivity (Wildman–Crippen MR) is 81.0 cm³/mol. The second-order valence-electron chi connectivity index (χ2n) is 6.76. The van der Waals surface area contributed by atoms with Gasteiger partial charge < -0.3 is 14.6 Å². The topological polar surface area (TPSA) is 72.8 Å². The lowest BCUT2D eigenvalue weighted by Crippen LogP contribution is -2.41. The van der Waals surface area contributed by atoms with Gasteiger partial charge in [0.1, 0.15) is 11.3 Å². The van der Waals surface area contributed by atoms with E-state index in [0.717, 1.165) is 5.56 Å². The number of cyclic esters (lactones) is 2. The molecule has 0 bridgehead atoms. The number of esters is 2. The van der Waals surface area contributed by atoms with Crippen LogP contribution in [0.1, 0.15) is 45.7 Å². The first-order chi connectivity index (χ1) is 9.99. The summed E-state index contributed by atoms with van der Waals surface area (Å²) in [6.07, 6.45) is 1.30. The Morgan fingerprint density at radius 3 is 2.14 bits per heavy atom. The maximum absolute atomic E-state index is 11.9. The highest BCUT2D eigenvalue weighted by Gasteiger charge is 2.39. The van der Waals surface area contributed by atoms with E-state index in [1.54, 1.807) is 12.1 Å². The number of hydrogen-bond donors (Lipinski definition) is 1. The van der Waals surface area contributed by atoms with Crippen LogP contribution in [0.2, 0.25) is 0 Å². The number of rotatable bonds is 1. The molecular weight excluding hydrogens is 284 g/mol. The van der Waals surface area contributed by atoms with Crippen molar-refractivity contribution in [1.82, 2.24) is 0 Å². The second kappa shape index (κ2) is 5.16. The summed E-state index contributed by atoms with van der Waals surface area (Å²) in [5.41, 5.74) is 0.975. The van der Waals surface area contributed by atoms with E-state index in [-0.39, 0.29) is 16.7 Å². The molecule has 1 N–H and O–H groups in total. The van der Waals surface area contributed by atoms with Gasteiger partial charge in [-0.1, -0.05) is 26.8 Å². The molecule has 0 unspecified atom stereocenters. The summed E-state index contributed by atoms with van der Waals surface area (Å²) in [5.74, 6) is -2.82. The van der Waals surface area contributed by atoms with E-state index >= 15 is 0 Å². The van der Waals surface area contributed by atoms with Crippen molar-refractivity contribution in [2.75, 3.05) is 0 Å². The van der Waals surface area contributed by atoms with Crippen LogP contribution in [0, 0.1) is 0 Å². The Labute approximate surface area is 129 Å². The van der Waals surface area contributed by atoms with Crippen LogP contribution in [0.4, 0.5) is 0 Å². The zero-order valence-electron chi connectivity index (χ0n) is 13.4. The summed E-state index contributed by atoms with van der Waals surface area (Å²) >= 11 is 0. The van der Waals surface area contributed by atoms with E-state index in [1.807, 2.05) is 20.8 Å². The molecule has 118 valence electrons. The summed E-state index contributed by atoms with van der Waals surface area (Å²) in [6, 6.07) is 5.08. The van der Waals surface area contributed by atoms with E-state index in [9.17, 15) is 14.7 Å². The van der Waals surface area contributed by atoms with Crippen LogP contribution < -0.4 is 0 Å². The van der Waals surface area contributed by atoms with E-state index in [0.29, 0.717) is 5.56 Å². The average Bonchev–Trinajstić information content (AvgIpc) is 2.33. The number of ether oxygens (including phenoxy) is 2. The van der Waals surface area contributed by atoms with Crippen molar-refractivity contribution in [1.29, 1.82) is 0 Å². The van der Waals surface area contributed by atoms with Gasteiger partial charge in [0.05, 0.1) is 0 Å². The summed E-state index contributed by atoms with van der Waals surface area (Å²) < 4.78 is 10.1. The largest absolute Gasteiger partial charge is 0.507 e. The minimum atomic E-state index is -1.28. The van der Waals surface area contributed by atoms with Gasteiger partial charge in [0.15, 0.2) is 0 Å². The van der Waals surface area contributed by atoms with E-state index in [2.05, 4.69) is 0 Å². The van der Waals surface area contributed by atoms with Crippen LogP contribution in [-0.4, -0.2) is 22.8 Å². The minimum absolute atomic E-state index is 0.0223. The normalized spacial score (nSPS) is 17.8. The Morgan fingerprint density at radius 2 is 1.64 bits per heavy atom. The molecule has 0 aromatic heterocycles. The monoisotopic (exact) mass is 304 g/mol. The SMILES string of the molecule is CC1(C)OC(=O)C(=Cc2cc(C(C)(C)C)ccc2O)C(=O)O1. The number of carbonyl (C=O) groups excluding carboxylic acids is 2. The third kappa shape index (κ3) is 3.30. The van der Waals surface area contributed by atoms with E-state index < -0.39 is 17.7 Å². The molecule has 0 atom stereocenters. The second-order valence-corrected chi connectivity index (χ2v) is 6.76. The van der Waals surface area contributed by atoms with Gasteiger partial charge in [0, 0.05) is 19.4 Å². The summed E-state index contributed by atoms with van der Waals surface area (Å²) in [6.45, 7) is 9.06. The predicted octanol–water partition coefficient (Wildman–Crippen LogP) is 2.91. The summed E-state index contributed by atoms with van der Waals surface area (Å²) in [7, 11) is 0. The fourth-order valence-corrected chi connectivity index (χ4v) is 2.07. The number of aromatic hydroxyl groups is 1. The molecule has 0 radical (unpaired) electrons. The molecule has 5 nitrogen and oxygen atoms in total. The van der Waals surface area contributed by atoms with Gasteiger partial charge in [0.25, 0.3) is 5.79 Å². The number of hydrogen-bond acceptors (Lipinski definition) is 5. The van der Waals surface area contributed by atoms with E-state index in [4.69, 9.17) is 9.47 Å². The van der Waals surface area contributed by atoms with Crippen LogP contribution in [0.25, 0.3) is 6.08 Å². The van der Waals surface area contributed by atoms with Crippen LogP contribution >= 0.6 is 0 Å². The molecule has 0 amide bonds. The standard InChI is InChI=1S/C17H20O5/c1-16(2,3)11-6-7-13(18)10(8-11)9-12-14(19)21-17(4,5)22-15(12)20/h6-9,18H,1-5H3. The molecule has 0 spiro atoms. The highest BCUT2D eigenvalue weighted by molar-refractivity contribution is 6.19. The molecule has 1 aliphatic rings. The maximum Gasteiger partial charge on any atom is 0.348 e. The van der Waals surface area contributed by atoms with Crippen molar-refractivity contribution in [3.63, 3.8) is 0 Å². The van der Waals surface area contributed by atoms with Crippen LogP contribution in [0.5, 0.6) is 5.75 Å². The highest BCUT2D eigenvalue weighted by atomic mass is 16.7. The zero-order valence-corrected chi connectivity index (χ0v) is 13.4. The summed E-state index contributed by atoms with van der Waals surface area (Å²) in [5, 5.41) is 9.96. The van der Waals surface area contributed by atoms with Gasteiger partial charge in [-0.3, -0.25) is 0 Å². The lowest BCUT2D eigenvalue weighted by molar-refractivity contribution is -0.222. The molecule has 1 fully saturated rings. The lowest BCUT2D eigenvalue weighted by atomic mass is 9.86. The lowest BCUT2D eigenvalue weighted by Gasteiger charge is -2.29. The first-order valence-electron chi connectivity index (χ1n) is 7.01. The molecule has 1 aromatic rings. The van der Waals surface area contributed by atoms with Gasteiger partial charge in [-0.2, -0.15) is 0 Å².